The zero-order valence-corrected chi connectivity index (χ0v) is 10.8. The number of halogens is 1. The zero-order chi connectivity index (χ0) is 14.3. The molecule has 6 N–H and O–H groups in total. The van der Waals surface area contributed by atoms with E-state index in [0.29, 0.717) is 5.75 Å². The molecule has 19 heavy (non-hydrogen) atoms. The van der Waals surface area contributed by atoms with Gasteiger partial charge in [-0.1, -0.05) is 23.9 Å². The highest BCUT2D eigenvalue weighted by atomic mass is 32.2. The maximum Gasteiger partial charge on any atom is 0.225 e. The van der Waals surface area contributed by atoms with Crippen LogP contribution in [-0.2, 0) is 4.79 Å². The minimum atomic E-state index is -0.489. The fourth-order valence-electron chi connectivity index (χ4n) is 1.17. The van der Waals surface area contributed by atoms with E-state index in [1.807, 2.05) is 0 Å². The van der Waals surface area contributed by atoms with Gasteiger partial charge in [0.25, 0.3) is 0 Å². The minimum Gasteiger partial charge on any atom is -0.370 e. The van der Waals surface area contributed by atoms with E-state index < -0.39 is 5.82 Å². The van der Waals surface area contributed by atoms with Gasteiger partial charge < -0.3 is 16.8 Å². The lowest BCUT2D eigenvalue weighted by Crippen LogP contribution is -2.23. The molecule has 102 valence electrons. The molecule has 0 aromatic heterocycles. The van der Waals surface area contributed by atoms with Crippen molar-refractivity contribution in [3.63, 3.8) is 0 Å². The van der Waals surface area contributed by atoms with Crippen molar-refractivity contribution in [3.8, 4) is 0 Å². The van der Waals surface area contributed by atoms with Crippen LogP contribution in [0, 0.1) is 11.2 Å². The molecule has 1 aromatic carbocycles. The van der Waals surface area contributed by atoms with Crippen LogP contribution in [0.25, 0.3) is 0 Å². The number of nitrogens with one attached hydrogen (secondary N) is 2. The van der Waals surface area contributed by atoms with E-state index in [1.165, 1.54) is 18.2 Å². The molecule has 0 aliphatic heterocycles. The van der Waals surface area contributed by atoms with Crippen molar-refractivity contribution in [2.24, 2.45) is 16.5 Å². The second-order valence-electron chi connectivity index (χ2n) is 3.47. The molecule has 1 aromatic rings. The van der Waals surface area contributed by atoms with Crippen molar-refractivity contribution in [1.82, 2.24) is 0 Å². The maximum absolute atomic E-state index is 13.2. The van der Waals surface area contributed by atoms with Crippen molar-refractivity contribution < 1.29 is 9.18 Å². The lowest BCUT2D eigenvalue weighted by atomic mass is 10.3. The minimum absolute atomic E-state index is 0.0707. The third-order valence-corrected chi connectivity index (χ3v) is 2.72. The van der Waals surface area contributed by atoms with Crippen LogP contribution >= 0.6 is 11.8 Å². The number of benzene rings is 1. The normalized spacial score (nSPS) is 9.74. The van der Waals surface area contributed by atoms with Gasteiger partial charge in [-0.05, 0) is 12.1 Å². The quantitative estimate of drug-likeness (QED) is 0.488. The third-order valence-electron chi connectivity index (χ3n) is 1.95. The number of carbonyl (C=O) groups is 1. The van der Waals surface area contributed by atoms with Gasteiger partial charge in [0.2, 0.25) is 5.91 Å². The molecule has 0 fully saturated rings. The fraction of sp³-hybridized carbons (Fsp3) is 0.182. The number of carbonyl (C=O) groups excluding carboxylic acids is 1. The van der Waals surface area contributed by atoms with Gasteiger partial charge in [-0.25, -0.2) is 4.39 Å². The molecule has 0 spiro atoms. The molecule has 0 saturated carbocycles. The summed E-state index contributed by atoms with van der Waals surface area (Å²) >= 11 is 1.03. The number of nitrogens with zero attached hydrogens (tertiary/aromatic N) is 1. The largest absolute Gasteiger partial charge is 0.370 e. The molecule has 0 atom stereocenters. The van der Waals surface area contributed by atoms with Crippen LogP contribution in [0.3, 0.4) is 0 Å². The number of rotatable bonds is 4. The molecule has 0 radical (unpaired) electrons. The summed E-state index contributed by atoms with van der Waals surface area (Å²) in [6, 6.07) is 5.90. The summed E-state index contributed by atoms with van der Waals surface area (Å²) in [5, 5.41) is 9.71. The fourth-order valence-corrected chi connectivity index (χ4v) is 1.82. The highest BCUT2D eigenvalue weighted by Crippen LogP contribution is 2.13. The molecule has 8 heteroatoms. The van der Waals surface area contributed by atoms with Crippen LogP contribution in [0.5, 0.6) is 0 Å². The third kappa shape index (κ3) is 5.87. The zero-order valence-electron chi connectivity index (χ0n) is 10.0. The molecule has 0 unspecified atom stereocenters. The highest BCUT2D eigenvalue weighted by Gasteiger charge is 2.06. The summed E-state index contributed by atoms with van der Waals surface area (Å²) in [5.74, 6) is -0.698. The van der Waals surface area contributed by atoms with Gasteiger partial charge in [0.15, 0.2) is 11.1 Å². The van der Waals surface area contributed by atoms with Crippen LogP contribution in [0.15, 0.2) is 29.3 Å². The molecule has 0 heterocycles. The monoisotopic (exact) mass is 283 g/mol. The molecule has 1 amide bonds. The van der Waals surface area contributed by atoms with Crippen LogP contribution in [0.1, 0.15) is 6.42 Å². The summed E-state index contributed by atoms with van der Waals surface area (Å²) in [6.45, 7) is 0. The number of amides is 1. The molecular weight excluding hydrogens is 269 g/mol. The van der Waals surface area contributed by atoms with Crippen molar-refractivity contribution in [2.45, 2.75) is 6.42 Å². The van der Waals surface area contributed by atoms with E-state index in [-0.39, 0.29) is 29.1 Å². The van der Waals surface area contributed by atoms with Gasteiger partial charge in [0, 0.05) is 12.2 Å². The lowest BCUT2D eigenvalue weighted by Gasteiger charge is -2.05. The summed E-state index contributed by atoms with van der Waals surface area (Å²) in [5.41, 5.74) is 10.3. The van der Waals surface area contributed by atoms with Gasteiger partial charge in [0.05, 0.1) is 5.69 Å². The summed E-state index contributed by atoms with van der Waals surface area (Å²) in [7, 11) is 0. The van der Waals surface area contributed by atoms with Crippen LogP contribution in [-0.4, -0.2) is 22.8 Å². The molecule has 0 bridgehead atoms. The predicted molar refractivity (Wildman–Crippen MR) is 75.6 cm³/mol. The van der Waals surface area contributed by atoms with E-state index in [2.05, 4.69) is 10.3 Å². The van der Waals surface area contributed by atoms with Crippen molar-refractivity contribution in [3.05, 3.63) is 30.1 Å². The Morgan fingerprint density at radius 3 is 2.74 bits per heavy atom. The summed E-state index contributed by atoms with van der Waals surface area (Å²) in [4.78, 5) is 15.0. The number of anilines is 1. The number of amidine groups is 1. The van der Waals surface area contributed by atoms with E-state index in [9.17, 15) is 9.18 Å². The Morgan fingerprint density at radius 2 is 2.11 bits per heavy atom. The number of hydrogen-bond donors (Lipinski definition) is 4. The van der Waals surface area contributed by atoms with Crippen LogP contribution in [0.2, 0.25) is 0 Å². The van der Waals surface area contributed by atoms with Crippen molar-refractivity contribution in [2.75, 3.05) is 11.1 Å². The number of nitrogens with two attached hydrogens (primary N) is 2. The number of hydrogen-bond acceptors (Lipinski definition) is 3. The van der Waals surface area contributed by atoms with E-state index in [4.69, 9.17) is 16.9 Å². The van der Waals surface area contributed by atoms with Crippen LogP contribution in [0.4, 0.5) is 10.1 Å². The average Bonchev–Trinajstić information content (AvgIpc) is 2.31. The molecular formula is C11H14FN5OS. The van der Waals surface area contributed by atoms with Crippen molar-refractivity contribution in [1.29, 1.82) is 5.41 Å². The Balaban J connectivity index is 2.35. The Morgan fingerprint density at radius 1 is 1.42 bits per heavy atom. The number of aliphatic imine (C=N–C) groups is 1. The van der Waals surface area contributed by atoms with Gasteiger partial charge in [-0.3, -0.25) is 10.2 Å². The van der Waals surface area contributed by atoms with Gasteiger partial charge in [-0.2, -0.15) is 4.99 Å². The van der Waals surface area contributed by atoms with Gasteiger partial charge in [-0.15, -0.1) is 0 Å². The number of guanidine groups is 1. The summed E-state index contributed by atoms with van der Waals surface area (Å²) in [6.07, 6.45) is 0.126. The van der Waals surface area contributed by atoms with E-state index >= 15 is 0 Å². The molecule has 6 nitrogen and oxygen atoms in total. The summed E-state index contributed by atoms with van der Waals surface area (Å²) < 4.78 is 13.2. The Kier molecular flexibility index (Phi) is 5.80. The van der Waals surface area contributed by atoms with Crippen molar-refractivity contribution >= 4 is 34.5 Å². The second kappa shape index (κ2) is 7.37. The number of thioether (sulfide) groups is 1. The first-order chi connectivity index (χ1) is 8.99. The Bertz CT molecular complexity index is 502. The number of para-hydroxylation sites is 1. The SMILES string of the molecule is N=C(N=C(N)N)SCCC(=O)Nc1ccccc1F. The topological polar surface area (TPSA) is 117 Å². The first-order valence-corrected chi connectivity index (χ1v) is 6.33. The molecule has 1 rings (SSSR count). The predicted octanol–water partition coefficient (Wildman–Crippen LogP) is 1.10. The molecule has 0 saturated heterocycles. The van der Waals surface area contributed by atoms with Gasteiger partial charge >= 0.3 is 0 Å². The molecule has 0 aliphatic carbocycles. The maximum atomic E-state index is 13.2. The van der Waals surface area contributed by atoms with Gasteiger partial charge in [0.1, 0.15) is 5.82 Å². The Hall–Kier alpha value is -2.09. The Labute approximate surface area is 114 Å². The first-order valence-electron chi connectivity index (χ1n) is 5.34. The highest BCUT2D eigenvalue weighted by molar-refractivity contribution is 8.13. The van der Waals surface area contributed by atoms with E-state index in [1.54, 1.807) is 6.07 Å². The standard InChI is InChI=1S/C11H14FN5OS/c12-7-3-1-2-4-8(7)16-9(18)5-6-19-11(15)17-10(13)14/h1-4H,5-6H2,(H,16,18)(H5,13,14,15,17). The lowest BCUT2D eigenvalue weighted by molar-refractivity contribution is -0.115. The van der Waals surface area contributed by atoms with Crippen LogP contribution < -0.4 is 16.8 Å². The smallest absolute Gasteiger partial charge is 0.225 e. The second-order valence-corrected chi connectivity index (χ2v) is 4.55. The molecule has 0 aliphatic rings. The first kappa shape index (κ1) is 15.0. The average molecular weight is 283 g/mol. The van der Waals surface area contributed by atoms with E-state index in [0.717, 1.165) is 11.8 Å².